The van der Waals surface area contributed by atoms with Crippen molar-refractivity contribution in [1.29, 1.82) is 0 Å². The van der Waals surface area contributed by atoms with Crippen LogP contribution in [0.25, 0.3) is 5.65 Å². The van der Waals surface area contributed by atoms with Gasteiger partial charge < -0.3 is 14.4 Å². The fraction of sp³-hybridized carbons (Fsp3) is 0.524. The molecule has 1 aliphatic heterocycles. The first-order valence-corrected chi connectivity index (χ1v) is 9.76. The van der Waals surface area contributed by atoms with E-state index in [0.29, 0.717) is 17.0 Å². The van der Waals surface area contributed by atoms with Crippen LogP contribution in [0.15, 0.2) is 12.3 Å². The zero-order valence-corrected chi connectivity index (χ0v) is 17.6. The highest BCUT2D eigenvalue weighted by molar-refractivity contribution is 6.42. The Hall–Kier alpha value is -2.90. The van der Waals surface area contributed by atoms with Crippen LogP contribution >= 0.6 is 0 Å². The number of rotatable bonds is 5. The highest BCUT2D eigenvalue weighted by atomic mass is 16.5. The summed E-state index contributed by atoms with van der Waals surface area (Å²) in [5, 5.41) is 0. The van der Waals surface area contributed by atoms with Crippen LogP contribution in [-0.4, -0.2) is 53.9 Å². The number of carbonyl (C=O) groups excluding carboxylic acids is 3. The number of anilines is 1. The van der Waals surface area contributed by atoms with E-state index in [0.717, 1.165) is 25.9 Å². The molecule has 156 valence electrons. The van der Waals surface area contributed by atoms with Gasteiger partial charge in [-0.15, -0.1) is 0 Å². The number of hydrogen-bond donors (Lipinski definition) is 0. The van der Waals surface area contributed by atoms with Crippen molar-refractivity contribution in [3.63, 3.8) is 0 Å². The number of aromatic nitrogens is 2. The zero-order chi connectivity index (χ0) is 21.3. The van der Waals surface area contributed by atoms with Crippen molar-refractivity contribution in [3.8, 4) is 0 Å². The Kier molecular flexibility index (Phi) is 5.64. The number of esters is 2. The summed E-state index contributed by atoms with van der Waals surface area (Å²) in [6, 6.07) is 1.69. The van der Waals surface area contributed by atoms with Crippen molar-refractivity contribution >= 4 is 29.2 Å². The highest BCUT2D eigenvalue weighted by Crippen LogP contribution is 2.35. The van der Waals surface area contributed by atoms with Gasteiger partial charge in [0, 0.05) is 19.3 Å². The second-order valence-electron chi connectivity index (χ2n) is 8.07. The lowest BCUT2D eigenvalue weighted by Gasteiger charge is -2.39. The minimum atomic E-state index is -0.920. The Morgan fingerprint density at radius 1 is 1.21 bits per heavy atom. The summed E-state index contributed by atoms with van der Waals surface area (Å²) in [6.07, 6.45) is 3.44. The number of aryl methyl sites for hydroxylation is 1. The maximum absolute atomic E-state index is 12.8. The van der Waals surface area contributed by atoms with Crippen LogP contribution in [0, 0.1) is 12.3 Å². The molecule has 8 nitrogen and oxygen atoms in total. The summed E-state index contributed by atoms with van der Waals surface area (Å²) in [6.45, 7) is 9.60. The molecule has 0 radical (unpaired) electrons. The fourth-order valence-corrected chi connectivity index (χ4v) is 3.64. The zero-order valence-electron chi connectivity index (χ0n) is 17.6. The van der Waals surface area contributed by atoms with E-state index in [4.69, 9.17) is 4.74 Å². The van der Waals surface area contributed by atoms with Gasteiger partial charge in [0.15, 0.2) is 5.69 Å². The molecule has 3 heterocycles. The number of pyridine rings is 1. The maximum Gasteiger partial charge on any atom is 0.379 e. The number of fused-ring (bicyclic) bond motifs is 1. The fourth-order valence-electron chi connectivity index (χ4n) is 3.64. The molecule has 2 aromatic heterocycles. The van der Waals surface area contributed by atoms with Crippen LogP contribution < -0.4 is 4.90 Å². The minimum absolute atomic E-state index is 0.160. The smallest absolute Gasteiger partial charge is 0.379 e. The predicted molar refractivity (Wildman–Crippen MR) is 107 cm³/mol. The first kappa shape index (κ1) is 20.8. The van der Waals surface area contributed by atoms with E-state index >= 15 is 0 Å². The van der Waals surface area contributed by atoms with Gasteiger partial charge in [0.1, 0.15) is 11.5 Å². The van der Waals surface area contributed by atoms with E-state index in [2.05, 4.69) is 28.5 Å². The third-order valence-electron chi connectivity index (χ3n) is 5.42. The van der Waals surface area contributed by atoms with E-state index in [1.54, 1.807) is 30.5 Å². The van der Waals surface area contributed by atoms with Crippen molar-refractivity contribution in [1.82, 2.24) is 9.38 Å². The molecule has 0 saturated carbocycles. The molecule has 0 amide bonds. The average Bonchev–Trinajstić information content (AvgIpc) is 3.10. The number of methoxy groups -OCH3 is 1. The molecule has 0 unspecified atom stereocenters. The van der Waals surface area contributed by atoms with Gasteiger partial charge in [-0.25, -0.2) is 14.6 Å². The lowest BCUT2D eigenvalue weighted by atomic mass is 9.82. The van der Waals surface area contributed by atoms with Gasteiger partial charge in [0.2, 0.25) is 0 Å². The molecular formula is C21H27N3O5. The van der Waals surface area contributed by atoms with Crippen molar-refractivity contribution in [2.75, 3.05) is 31.7 Å². The van der Waals surface area contributed by atoms with Crippen LogP contribution in [0.1, 0.15) is 60.0 Å². The number of hydrogen-bond acceptors (Lipinski definition) is 7. The van der Waals surface area contributed by atoms with Crippen LogP contribution in [-0.2, 0) is 14.3 Å². The third kappa shape index (κ3) is 3.97. The number of ether oxygens (including phenoxy) is 2. The Labute approximate surface area is 169 Å². The van der Waals surface area contributed by atoms with Gasteiger partial charge >= 0.3 is 11.9 Å². The Bertz CT molecular complexity index is 966. The number of carbonyl (C=O) groups is 3. The molecule has 1 fully saturated rings. The van der Waals surface area contributed by atoms with Gasteiger partial charge in [0.25, 0.3) is 5.78 Å². The highest BCUT2D eigenvalue weighted by Gasteiger charge is 2.32. The molecule has 1 saturated heterocycles. The molecule has 0 N–H and O–H groups in total. The molecule has 29 heavy (non-hydrogen) atoms. The van der Waals surface area contributed by atoms with Gasteiger partial charge in [-0.05, 0) is 43.7 Å². The lowest BCUT2D eigenvalue weighted by Crippen LogP contribution is -2.39. The van der Waals surface area contributed by atoms with Crippen LogP contribution in [0.3, 0.4) is 0 Å². The van der Waals surface area contributed by atoms with E-state index in [-0.39, 0.29) is 23.3 Å². The standard InChI is InChI=1S/C21H27N3O5/c1-6-29-19(26)14-12-24-15(22-14)11-13(2)16(17(25)20(27)28-5)18(24)23-9-7-21(3,4)8-10-23/h11-12H,6-10H2,1-5H3. The number of nitrogens with zero attached hydrogens (tertiary/aromatic N) is 3. The van der Waals surface area contributed by atoms with E-state index < -0.39 is 17.7 Å². The molecule has 0 bridgehead atoms. The summed E-state index contributed by atoms with van der Waals surface area (Å²) in [5.41, 5.74) is 1.77. The van der Waals surface area contributed by atoms with E-state index in [1.807, 2.05) is 0 Å². The molecule has 1 aliphatic rings. The average molecular weight is 401 g/mol. The van der Waals surface area contributed by atoms with E-state index in [1.165, 1.54) is 7.11 Å². The van der Waals surface area contributed by atoms with Crippen molar-refractivity contribution < 1.29 is 23.9 Å². The maximum atomic E-state index is 12.8. The summed E-state index contributed by atoms with van der Waals surface area (Å²) < 4.78 is 11.4. The van der Waals surface area contributed by atoms with Crippen LogP contribution in [0.2, 0.25) is 0 Å². The number of ketones is 1. The summed E-state index contributed by atoms with van der Waals surface area (Å²) >= 11 is 0. The summed E-state index contributed by atoms with van der Waals surface area (Å²) in [4.78, 5) is 43.5. The molecule has 0 atom stereocenters. The third-order valence-corrected chi connectivity index (χ3v) is 5.42. The van der Waals surface area contributed by atoms with Crippen molar-refractivity contribution in [2.24, 2.45) is 5.41 Å². The number of Topliss-reactive ketones (excluding diaryl/α,β-unsaturated/α-hetero) is 1. The topological polar surface area (TPSA) is 90.2 Å². The van der Waals surface area contributed by atoms with Gasteiger partial charge in [-0.2, -0.15) is 0 Å². The largest absolute Gasteiger partial charge is 0.463 e. The SMILES string of the molecule is CCOC(=O)c1cn2c(N3CCC(C)(C)CC3)c(C(=O)C(=O)OC)c(C)cc2n1. The van der Waals surface area contributed by atoms with Crippen molar-refractivity contribution in [3.05, 3.63) is 29.1 Å². The molecule has 0 spiro atoms. The Balaban J connectivity index is 2.20. The van der Waals surface area contributed by atoms with Crippen LogP contribution in [0.4, 0.5) is 5.82 Å². The minimum Gasteiger partial charge on any atom is -0.463 e. The van der Waals surface area contributed by atoms with E-state index in [9.17, 15) is 14.4 Å². The Morgan fingerprint density at radius 3 is 2.45 bits per heavy atom. The summed E-state index contributed by atoms with van der Waals surface area (Å²) in [7, 11) is 1.19. The molecule has 8 heteroatoms. The summed E-state index contributed by atoms with van der Waals surface area (Å²) in [5.74, 6) is -1.59. The van der Waals surface area contributed by atoms with Gasteiger partial charge in [-0.1, -0.05) is 13.8 Å². The van der Waals surface area contributed by atoms with Crippen LogP contribution in [0.5, 0.6) is 0 Å². The Morgan fingerprint density at radius 2 is 1.86 bits per heavy atom. The van der Waals surface area contributed by atoms with Gasteiger partial charge in [-0.3, -0.25) is 9.20 Å². The quantitative estimate of drug-likeness (QED) is 0.432. The van der Waals surface area contributed by atoms with Crippen molar-refractivity contribution in [2.45, 2.75) is 40.5 Å². The molecule has 0 aliphatic carbocycles. The first-order valence-electron chi connectivity index (χ1n) is 9.76. The normalized spacial score (nSPS) is 16.0. The molecule has 3 rings (SSSR count). The van der Waals surface area contributed by atoms with Gasteiger partial charge in [0.05, 0.1) is 19.3 Å². The number of imidazole rings is 1. The molecule has 2 aromatic rings. The first-order chi connectivity index (χ1) is 13.7. The molecule has 0 aromatic carbocycles. The monoisotopic (exact) mass is 401 g/mol. The second-order valence-corrected chi connectivity index (χ2v) is 8.07. The number of piperidine rings is 1. The molecular weight excluding hydrogens is 374 g/mol. The predicted octanol–water partition coefficient (Wildman–Crippen LogP) is 2.80. The second kappa shape index (κ2) is 7.85. The lowest BCUT2D eigenvalue weighted by molar-refractivity contribution is -0.135.